The van der Waals surface area contributed by atoms with Gasteiger partial charge in [0.05, 0.1) is 17.7 Å². The first-order valence-electron chi connectivity index (χ1n) is 5.22. The van der Waals surface area contributed by atoms with Gasteiger partial charge < -0.3 is 10.5 Å². The van der Waals surface area contributed by atoms with Crippen molar-refractivity contribution in [3.05, 3.63) is 46.4 Å². The van der Waals surface area contributed by atoms with Gasteiger partial charge in [0, 0.05) is 0 Å². The van der Waals surface area contributed by atoms with Crippen LogP contribution in [0.1, 0.15) is 24.4 Å². The van der Waals surface area contributed by atoms with Crippen molar-refractivity contribution in [1.29, 1.82) is 0 Å². The van der Waals surface area contributed by atoms with E-state index in [9.17, 15) is 4.39 Å². The molecule has 16 heavy (non-hydrogen) atoms. The van der Waals surface area contributed by atoms with E-state index in [1.807, 2.05) is 6.08 Å². The lowest BCUT2D eigenvalue weighted by molar-refractivity contribution is 0.176. The van der Waals surface area contributed by atoms with E-state index in [2.05, 4.69) is 0 Å². The molecule has 0 aromatic heterocycles. The Morgan fingerprint density at radius 1 is 1.44 bits per heavy atom. The summed E-state index contributed by atoms with van der Waals surface area (Å²) in [7, 11) is 0. The van der Waals surface area contributed by atoms with Crippen molar-refractivity contribution >= 4 is 11.6 Å². The van der Waals surface area contributed by atoms with Crippen molar-refractivity contribution in [3.63, 3.8) is 0 Å². The number of ether oxygens (including phenoxy) is 1. The largest absolute Gasteiger partial charge is 0.496 e. The van der Waals surface area contributed by atoms with Gasteiger partial charge in [-0.3, -0.25) is 0 Å². The Morgan fingerprint density at radius 2 is 2.25 bits per heavy atom. The molecule has 0 fully saturated rings. The topological polar surface area (TPSA) is 35.2 Å². The van der Waals surface area contributed by atoms with E-state index >= 15 is 0 Å². The molecule has 0 saturated carbocycles. The molecule has 0 saturated heterocycles. The lowest BCUT2D eigenvalue weighted by Gasteiger charge is -2.21. The van der Waals surface area contributed by atoms with Gasteiger partial charge in [0.2, 0.25) is 0 Å². The van der Waals surface area contributed by atoms with Gasteiger partial charge in [-0.25, -0.2) is 4.39 Å². The van der Waals surface area contributed by atoms with Crippen LogP contribution >= 0.6 is 11.6 Å². The van der Waals surface area contributed by atoms with E-state index in [1.54, 1.807) is 6.07 Å². The number of benzene rings is 1. The van der Waals surface area contributed by atoms with Crippen LogP contribution in [0.2, 0.25) is 5.02 Å². The average molecular weight is 242 g/mol. The van der Waals surface area contributed by atoms with Crippen LogP contribution in [0, 0.1) is 5.82 Å². The van der Waals surface area contributed by atoms with E-state index in [1.165, 1.54) is 12.1 Å². The zero-order chi connectivity index (χ0) is 11.5. The summed E-state index contributed by atoms with van der Waals surface area (Å²) in [4.78, 5) is 0. The Balaban J connectivity index is 2.22. The molecule has 1 heterocycles. The van der Waals surface area contributed by atoms with Crippen molar-refractivity contribution in [3.8, 4) is 0 Å². The summed E-state index contributed by atoms with van der Waals surface area (Å²) in [6, 6.07) is 4.17. The van der Waals surface area contributed by atoms with Crippen LogP contribution in [0.15, 0.2) is 30.0 Å². The molecule has 1 atom stereocenters. The quantitative estimate of drug-likeness (QED) is 0.863. The zero-order valence-electron chi connectivity index (χ0n) is 8.75. The first kappa shape index (κ1) is 11.4. The van der Waals surface area contributed by atoms with Crippen molar-refractivity contribution in [2.45, 2.75) is 18.9 Å². The number of hydrogen-bond donors (Lipinski definition) is 1. The van der Waals surface area contributed by atoms with Crippen LogP contribution in [0.25, 0.3) is 0 Å². The number of nitrogens with two attached hydrogens (primary N) is 1. The molecule has 0 bridgehead atoms. The Morgan fingerprint density at radius 3 is 2.88 bits per heavy atom. The van der Waals surface area contributed by atoms with Crippen LogP contribution in [0.3, 0.4) is 0 Å². The molecule has 2 rings (SSSR count). The summed E-state index contributed by atoms with van der Waals surface area (Å²) in [6.07, 6.45) is 3.92. The fraction of sp³-hybridized carbons (Fsp3) is 0.333. The second-order valence-corrected chi connectivity index (χ2v) is 4.16. The standard InChI is InChI=1S/C12H13ClFNO/c13-9-5-4-8(7-10(9)14)12(15)11-3-1-2-6-16-11/h3-5,7,12H,1-2,6,15H2. The highest BCUT2D eigenvalue weighted by molar-refractivity contribution is 6.30. The van der Waals surface area contributed by atoms with Crippen LogP contribution in [0.4, 0.5) is 4.39 Å². The second kappa shape index (κ2) is 4.85. The van der Waals surface area contributed by atoms with E-state index in [0.29, 0.717) is 17.9 Å². The van der Waals surface area contributed by atoms with Crippen LogP contribution in [-0.2, 0) is 4.74 Å². The van der Waals surface area contributed by atoms with E-state index < -0.39 is 11.9 Å². The summed E-state index contributed by atoms with van der Waals surface area (Å²) in [5.74, 6) is 0.263. The molecule has 2 N–H and O–H groups in total. The number of allylic oxidation sites excluding steroid dienone is 1. The maximum atomic E-state index is 13.3. The highest BCUT2D eigenvalue weighted by Gasteiger charge is 2.16. The summed E-state index contributed by atoms with van der Waals surface area (Å²) < 4.78 is 18.7. The third-order valence-electron chi connectivity index (χ3n) is 2.57. The SMILES string of the molecule is NC(C1=CCCCO1)c1ccc(Cl)c(F)c1. The van der Waals surface area contributed by atoms with Gasteiger partial charge in [-0.1, -0.05) is 17.7 Å². The maximum absolute atomic E-state index is 13.3. The summed E-state index contributed by atoms with van der Waals surface area (Å²) >= 11 is 5.61. The van der Waals surface area contributed by atoms with Crippen molar-refractivity contribution < 1.29 is 9.13 Å². The van der Waals surface area contributed by atoms with Crippen molar-refractivity contribution in [2.24, 2.45) is 5.73 Å². The smallest absolute Gasteiger partial charge is 0.142 e. The summed E-state index contributed by atoms with van der Waals surface area (Å²) in [5.41, 5.74) is 6.66. The molecule has 2 nitrogen and oxygen atoms in total. The molecule has 1 aliphatic heterocycles. The first-order valence-corrected chi connectivity index (χ1v) is 5.59. The Hall–Kier alpha value is -1.06. The highest BCUT2D eigenvalue weighted by atomic mass is 35.5. The van der Waals surface area contributed by atoms with Crippen LogP contribution in [0.5, 0.6) is 0 Å². The monoisotopic (exact) mass is 241 g/mol. The molecule has 0 spiro atoms. The predicted molar refractivity (Wildman–Crippen MR) is 61.6 cm³/mol. The Labute approximate surface area is 98.8 Å². The van der Waals surface area contributed by atoms with E-state index in [0.717, 1.165) is 12.8 Å². The van der Waals surface area contributed by atoms with E-state index in [-0.39, 0.29) is 5.02 Å². The highest BCUT2D eigenvalue weighted by Crippen LogP contribution is 2.26. The van der Waals surface area contributed by atoms with Gasteiger partial charge in [0.1, 0.15) is 11.6 Å². The molecular weight excluding hydrogens is 229 g/mol. The van der Waals surface area contributed by atoms with Crippen molar-refractivity contribution in [2.75, 3.05) is 6.61 Å². The molecule has 1 aliphatic rings. The molecule has 4 heteroatoms. The minimum atomic E-state index is -0.453. The molecule has 0 amide bonds. The predicted octanol–water partition coefficient (Wildman–Crippen LogP) is 3.17. The minimum absolute atomic E-state index is 0.106. The zero-order valence-corrected chi connectivity index (χ0v) is 9.51. The normalized spacial score (nSPS) is 17.6. The molecule has 0 aliphatic carbocycles. The summed E-state index contributed by atoms with van der Waals surface area (Å²) in [5, 5.41) is 0.106. The third kappa shape index (κ3) is 2.36. The second-order valence-electron chi connectivity index (χ2n) is 3.75. The van der Waals surface area contributed by atoms with Gasteiger partial charge >= 0.3 is 0 Å². The average Bonchev–Trinajstić information content (AvgIpc) is 2.33. The fourth-order valence-electron chi connectivity index (χ4n) is 1.66. The van der Waals surface area contributed by atoms with Gasteiger partial charge in [0.25, 0.3) is 0 Å². The van der Waals surface area contributed by atoms with Gasteiger partial charge in [0.15, 0.2) is 0 Å². The fourth-order valence-corrected chi connectivity index (χ4v) is 1.78. The lowest BCUT2D eigenvalue weighted by Crippen LogP contribution is -2.18. The molecule has 0 radical (unpaired) electrons. The minimum Gasteiger partial charge on any atom is -0.496 e. The van der Waals surface area contributed by atoms with Gasteiger partial charge in [-0.15, -0.1) is 0 Å². The molecule has 1 unspecified atom stereocenters. The maximum Gasteiger partial charge on any atom is 0.142 e. The summed E-state index contributed by atoms with van der Waals surface area (Å²) in [6.45, 7) is 0.676. The Bertz CT molecular complexity index is 419. The lowest BCUT2D eigenvalue weighted by atomic mass is 10.0. The third-order valence-corrected chi connectivity index (χ3v) is 2.88. The molecule has 1 aromatic rings. The van der Waals surface area contributed by atoms with Crippen LogP contribution in [-0.4, -0.2) is 6.61 Å². The molecular formula is C12H13ClFNO. The van der Waals surface area contributed by atoms with Gasteiger partial charge in [-0.2, -0.15) is 0 Å². The van der Waals surface area contributed by atoms with E-state index in [4.69, 9.17) is 22.1 Å². The first-order chi connectivity index (χ1) is 7.68. The number of halogens is 2. The van der Waals surface area contributed by atoms with Crippen molar-refractivity contribution in [1.82, 2.24) is 0 Å². The molecule has 86 valence electrons. The van der Waals surface area contributed by atoms with Crippen LogP contribution < -0.4 is 5.73 Å². The molecule has 1 aromatic carbocycles. The Kier molecular flexibility index (Phi) is 3.46. The number of hydrogen-bond acceptors (Lipinski definition) is 2. The number of rotatable bonds is 2. The van der Waals surface area contributed by atoms with Gasteiger partial charge in [-0.05, 0) is 36.6 Å².